The Balaban J connectivity index is 2.10. The smallest absolute Gasteiger partial charge is 0.231 e. The van der Waals surface area contributed by atoms with Crippen LogP contribution < -0.4 is 10.6 Å². The summed E-state index contributed by atoms with van der Waals surface area (Å²) in [5.41, 5.74) is 1.53. The highest BCUT2D eigenvalue weighted by molar-refractivity contribution is 5.95. The Bertz CT molecular complexity index is 425. The normalized spacial score (nSPS) is 23.0. The Morgan fingerprint density at radius 1 is 1.61 bits per heavy atom. The van der Waals surface area contributed by atoms with Crippen molar-refractivity contribution < 1.29 is 4.79 Å². The molecule has 18 heavy (non-hydrogen) atoms. The molecule has 0 saturated carbocycles. The van der Waals surface area contributed by atoms with Crippen LogP contribution in [-0.4, -0.2) is 24.0 Å². The van der Waals surface area contributed by atoms with E-state index in [4.69, 9.17) is 0 Å². The van der Waals surface area contributed by atoms with Gasteiger partial charge in [0.25, 0.3) is 0 Å². The monoisotopic (exact) mass is 247 g/mol. The van der Waals surface area contributed by atoms with Gasteiger partial charge in [0.15, 0.2) is 0 Å². The number of pyridine rings is 1. The highest BCUT2D eigenvalue weighted by atomic mass is 16.2. The van der Waals surface area contributed by atoms with Crippen molar-refractivity contribution in [3.05, 3.63) is 24.0 Å². The minimum Gasteiger partial charge on any atom is -0.325 e. The zero-order valence-corrected chi connectivity index (χ0v) is 11.1. The van der Waals surface area contributed by atoms with Crippen molar-refractivity contribution in [2.24, 2.45) is 5.41 Å². The number of nitrogens with zero attached hydrogens (tertiary/aromatic N) is 1. The molecule has 0 bridgehead atoms. The highest BCUT2D eigenvalue weighted by Gasteiger charge is 2.40. The third kappa shape index (κ3) is 2.70. The van der Waals surface area contributed by atoms with Gasteiger partial charge < -0.3 is 10.6 Å². The lowest BCUT2D eigenvalue weighted by Gasteiger charge is -2.26. The first kappa shape index (κ1) is 13.0. The number of amides is 1. The molecule has 98 valence electrons. The van der Waals surface area contributed by atoms with Crippen LogP contribution >= 0.6 is 0 Å². The van der Waals surface area contributed by atoms with Crippen molar-refractivity contribution in [3.63, 3.8) is 0 Å². The minimum absolute atomic E-state index is 0.139. The van der Waals surface area contributed by atoms with Gasteiger partial charge in [0.05, 0.1) is 5.41 Å². The molecule has 1 fully saturated rings. The summed E-state index contributed by atoms with van der Waals surface area (Å²) in [6.07, 6.45) is 4.63. The number of rotatable bonds is 4. The molecule has 1 aliphatic rings. The summed E-state index contributed by atoms with van der Waals surface area (Å²) in [6.45, 7) is 5.78. The largest absolute Gasteiger partial charge is 0.325 e. The fraction of sp³-hybridized carbons (Fsp3) is 0.571. The van der Waals surface area contributed by atoms with E-state index in [9.17, 15) is 4.79 Å². The number of aromatic nitrogens is 1. The van der Waals surface area contributed by atoms with Crippen molar-refractivity contribution >= 4 is 11.6 Å². The van der Waals surface area contributed by atoms with Gasteiger partial charge in [-0.2, -0.15) is 0 Å². The lowest BCUT2D eigenvalue weighted by molar-refractivity contribution is -0.125. The van der Waals surface area contributed by atoms with Crippen LogP contribution in [0.15, 0.2) is 18.3 Å². The molecule has 1 unspecified atom stereocenters. The van der Waals surface area contributed by atoms with Crippen molar-refractivity contribution in [2.75, 3.05) is 18.4 Å². The summed E-state index contributed by atoms with van der Waals surface area (Å²) in [7, 11) is 0. The number of hydrogen-bond acceptors (Lipinski definition) is 3. The minimum atomic E-state index is -0.230. The molecule has 1 saturated heterocycles. The number of nitrogens with one attached hydrogen (secondary N) is 2. The third-order valence-electron chi connectivity index (χ3n) is 3.61. The lowest BCUT2D eigenvalue weighted by atomic mass is 9.81. The number of anilines is 1. The zero-order chi connectivity index (χ0) is 13.0. The molecule has 1 aromatic heterocycles. The van der Waals surface area contributed by atoms with Crippen molar-refractivity contribution in [2.45, 2.75) is 33.1 Å². The molecule has 4 nitrogen and oxygen atoms in total. The van der Waals surface area contributed by atoms with Gasteiger partial charge >= 0.3 is 0 Å². The van der Waals surface area contributed by atoms with Crippen LogP contribution in [0.1, 0.15) is 31.9 Å². The Kier molecular flexibility index (Phi) is 3.97. The molecule has 4 heteroatoms. The first-order valence-electron chi connectivity index (χ1n) is 6.61. The summed E-state index contributed by atoms with van der Waals surface area (Å²) in [4.78, 5) is 16.6. The first-order chi connectivity index (χ1) is 8.66. The van der Waals surface area contributed by atoms with Gasteiger partial charge in [-0.25, -0.2) is 0 Å². The van der Waals surface area contributed by atoms with Crippen LogP contribution in [0.4, 0.5) is 5.69 Å². The van der Waals surface area contributed by atoms with E-state index in [1.54, 1.807) is 6.20 Å². The van der Waals surface area contributed by atoms with Crippen LogP contribution in [0.25, 0.3) is 0 Å². The van der Waals surface area contributed by atoms with Gasteiger partial charge in [-0.1, -0.05) is 13.3 Å². The summed E-state index contributed by atoms with van der Waals surface area (Å²) < 4.78 is 0. The lowest BCUT2D eigenvalue weighted by Crippen LogP contribution is -2.38. The molecule has 2 heterocycles. The fourth-order valence-electron chi connectivity index (χ4n) is 2.63. The predicted octanol–water partition coefficient (Wildman–Crippen LogP) is 2.11. The molecule has 0 aliphatic carbocycles. The highest BCUT2D eigenvalue weighted by Crippen LogP contribution is 2.32. The summed E-state index contributed by atoms with van der Waals surface area (Å²) >= 11 is 0. The van der Waals surface area contributed by atoms with Crippen LogP contribution in [0.3, 0.4) is 0 Å². The summed E-state index contributed by atoms with van der Waals surface area (Å²) in [5, 5.41) is 6.33. The maximum absolute atomic E-state index is 12.5. The molecule has 2 N–H and O–H groups in total. The van der Waals surface area contributed by atoms with E-state index in [1.165, 1.54) is 0 Å². The Hall–Kier alpha value is -1.42. The van der Waals surface area contributed by atoms with E-state index in [1.807, 2.05) is 19.1 Å². The molecule has 0 radical (unpaired) electrons. The predicted molar refractivity (Wildman–Crippen MR) is 72.4 cm³/mol. The summed E-state index contributed by atoms with van der Waals surface area (Å²) in [6, 6.07) is 3.74. The quantitative estimate of drug-likeness (QED) is 0.856. The average Bonchev–Trinajstić information content (AvgIpc) is 2.79. The van der Waals surface area contributed by atoms with E-state index in [2.05, 4.69) is 22.5 Å². The van der Waals surface area contributed by atoms with E-state index in [-0.39, 0.29) is 11.3 Å². The van der Waals surface area contributed by atoms with Crippen LogP contribution in [-0.2, 0) is 4.79 Å². The van der Waals surface area contributed by atoms with Crippen LogP contribution in [0.5, 0.6) is 0 Å². The van der Waals surface area contributed by atoms with Gasteiger partial charge in [0.1, 0.15) is 0 Å². The molecule has 0 aromatic carbocycles. The second-order valence-corrected chi connectivity index (χ2v) is 5.10. The molecule has 1 aliphatic heterocycles. The molecule has 1 amide bonds. The Morgan fingerprint density at radius 3 is 3.06 bits per heavy atom. The maximum Gasteiger partial charge on any atom is 0.231 e. The van der Waals surface area contributed by atoms with Crippen molar-refractivity contribution in [1.82, 2.24) is 10.3 Å². The molecular weight excluding hydrogens is 226 g/mol. The second kappa shape index (κ2) is 5.48. The summed E-state index contributed by atoms with van der Waals surface area (Å²) in [5.74, 6) is 0.139. The van der Waals surface area contributed by atoms with E-state index < -0.39 is 0 Å². The van der Waals surface area contributed by atoms with Crippen LogP contribution in [0, 0.1) is 12.3 Å². The molecule has 2 rings (SSSR count). The number of aryl methyl sites for hydroxylation is 1. The van der Waals surface area contributed by atoms with Gasteiger partial charge in [0.2, 0.25) is 5.91 Å². The molecular formula is C14H21N3O. The van der Waals surface area contributed by atoms with E-state index >= 15 is 0 Å². The van der Waals surface area contributed by atoms with Gasteiger partial charge in [-0.15, -0.1) is 0 Å². The zero-order valence-electron chi connectivity index (χ0n) is 11.1. The van der Waals surface area contributed by atoms with E-state index in [0.29, 0.717) is 0 Å². The molecule has 1 aromatic rings. The van der Waals surface area contributed by atoms with Gasteiger partial charge in [-0.3, -0.25) is 9.78 Å². The maximum atomic E-state index is 12.5. The SMILES string of the molecule is CCCC1(C(=O)Nc2ccnc(C)c2)CCNC1. The van der Waals surface area contributed by atoms with Gasteiger partial charge in [-0.05, 0) is 38.4 Å². The van der Waals surface area contributed by atoms with E-state index in [0.717, 1.165) is 43.7 Å². The van der Waals surface area contributed by atoms with Crippen molar-refractivity contribution in [1.29, 1.82) is 0 Å². The molecule has 0 spiro atoms. The second-order valence-electron chi connectivity index (χ2n) is 5.10. The number of hydrogen-bond donors (Lipinski definition) is 2. The standard InChI is InChI=1S/C14H21N3O/c1-3-5-14(6-8-15-10-14)13(18)17-12-4-7-16-11(2)9-12/h4,7,9,15H,3,5-6,8,10H2,1-2H3,(H,16,17,18). The number of carbonyl (C=O) groups is 1. The van der Waals surface area contributed by atoms with Crippen molar-refractivity contribution in [3.8, 4) is 0 Å². The Labute approximate surface area is 108 Å². The van der Waals surface area contributed by atoms with Crippen LogP contribution in [0.2, 0.25) is 0 Å². The fourth-order valence-corrected chi connectivity index (χ4v) is 2.63. The first-order valence-corrected chi connectivity index (χ1v) is 6.61. The average molecular weight is 247 g/mol. The van der Waals surface area contributed by atoms with Gasteiger partial charge in [0, 0.05) is 24.1 Å². The molecule has 1 atom stereocenters. The topological polar surface area (TPSA) is 54.0 Å². The Morgan fingerprint density at radius 2 is 2.44 bits per heavy atom. The number of carbonyl (C=O) groups excluding carboxylic acids is 1. The third-order valence-corrected chi connectivity index (χ3v) is 3.61.